The molecule has 6 heteroatoms. The average molecular weight is 393 g/mol. The van der Waals surface area contributed by atoms with Crippen LogP contribution in [0.25, 0.3) is 22.4 Å². The zero-order chi connectivity index (χ0) is 20.6. The molecule has 0 aliphatic carbocycles. The predicted molar refractivity (Wildman–Crippen MR) is 116 cm³/mol. The zero-order valence-electron chi connectivity index (χ0n) is 17.6. The van der Waals surface area contributed by atoms with Gasteiger partial charge in [-0.1, -0.05) is 20.8 Å². The minimum atomic E-state index is -0.482. The molecule has 2 aromatic heterocycles. The SMILES string of the molecule is CCOc1cc(-c2cnc3[nH]cc(C(=O)C(C)(C)C)c3n2)cc(N2CCCC2)c1. The second-order valence-electron chi connectivity index (χ2n) is 8.58. The van der Waals surface area contributed by atoms with Crippen molar-refractivity contribution in [3.8, 4) is 17.0 Å². The molecule has 1 fully saturated rings. The van der Waals surface area contributed by atoms with Crippen LogP contribution in [-0.2, 0) is 0 Å². The molecule has 1 N–H and O–H groups in total. The summed E-state index contributed by atoms with van der Waals surface area (Å²) < 4.78 is 5.81. The van der Waals surface area contributed by atoms with Crippen molar-refractivity contribution >= 4 is 22.6 Å². The van der Waals surface area contributed by atoms with Gasteiger partial charge in [0.05, 0.1) is 24.1 Å². The summed E-state index contributed by atoms with van der Waals surface area (Å²) in [4.78, 5) is 27.6. The minimum absolute atomic E-state index is 0.0519. The third-order valence-electron chi connectivity index (χ3n) is 5.28. The highest BCUT2D eigenvalue weighted by Crippen LogP contribution is 2.33. The molecule has 1 aliphatic heterocycles. The highest BCUT2D eigenvalue weighted by Gasteiger charge is 2.26. The summed E-state index contributed by atoms with van der Waals surface area (Å²) in [5.41, 5.74) is 4.18. The van der Waals surface area contributed by atoms with E-state index in [-0.39, 0.29) is 5.78 Å². The van der Waals surface area contributed by atoms with E-state index in [1.807, 2.05) is 33.8 Å². The third-order valence-corrected chi connectivity index (χ3v) is 5.28. The Labute approximate surface area is 171 Å². The predicted octanol–water partition coefficient (Wildman–Crippen LogP) is 4.85. The number of anilines is 1. The molecule has 29 heavy (non-hydrogen) atoms. The molecule has 1 aliphatic rings. The number of nitrogens with zero attached hydrogens (tertiary/aromatic N) is 3. The standard InChI is InChI=1S/C23H28N4O2/c1-5-29-17-11-15(10-16(12-17)27-8-6-7-9-27)19-14-25-22-20(26-19)18(13-24-22)21(28)23(2,3)4/h10-14H,5-9H2,1-4H3,(H,24,25). The van der Waals surface area contributed by atoms with E-state index in [4.69, 9.17) is 9.72 Å². The van der Waals surface area contributed by atoms with Crippen molar-refractivity contribution in [1.29, 1.82) is 0 Å². The number of hydrogen-bond donors (Lipinski definition) is 1. The summed E-state index contributed by atoms with van der Waals surface area (Å²) in [6.45, 7) is 10.5. The molecule has 0 spiro atoms. The van der Waals surface area contributed by atoms with Crippen LogP contribution >= 0.6 is 0 Å². The van der Waals surface area contributed by atoms with Gasteiger partial charge in [-0.25, -0.2) is 9.97 Å². The van der Waals surface area contributed by atoms with Gasteiger partial charge in [0.2, 0.25) is 0 Å². The van der Waals surface area contributed by atoms with Gasteiger partial charge < -0.3 is 14.6 Å². The Bertz CT molecular complexity index is 1040. The smallest absolute Gasteiger partial charge is 0.171 e. The summed E-state index contributed by atoms with van der Waals surface area (Å²) in [6.07, 6.45) is 5.89. The van der Waals surface area contributed by atoms with E-state index in [0.29, 0.717) is 23.3 Å². The first-order valence-corrected chi connectivity index (χ1v) is 10.3. The van der Waals surface area contributed by atoms with E-state index in [1.165, 1.54) is 12.8 Å². The van der Waals surface area contributed by atoms with Crippen molar-refractivity contribution in [2.24, 2.45) is 5.41 Å². The van der Waals surface area contributed by atoms with Crippen molar-refractivity contribution in [3.05, 3.63) is 36.2 Å². The number of aromatic amines is 1. The molecule has 0 amide bonds. The van der Waals surface area contributed by atoms with Crippen LogP contribution in [0.4, 0.5) is 5.69 Å². The number of hydrogen-bond acceptors (Lipinski definition) is 5. The van der Waals surface area contributed by atoms with Gasteiger partial charge in [0.1, 0.15) is 11.3 Å². The van der Waals surface area contributed by atoms with E-state index in [9.17, 15) is 4.79 Å². The summed E-state index contributed by atoms with van der Waals surface area (Å²) in [7, 11) is 0. The number of rotatable bonds is 5. The van der Waals surface area contributed by atoms with Crippen molar-refractivity contribution in [2.75, 3.05) is 24.6 Å². The highest BCUT2D eigenvalue weighted by molar-refractivity contribution is 6.08. The maximum absolute atomic E-state index is 12.8. The number of benzene rings is 1. The van der Waals surface area contributed by atoms with E-state index < -0.39 is 5.41 Å². The molecular formula is C23H28N4O2. The molecule has 4 rings (SSSR count). The van der Waals surface area contributed by atoms with Crippen molar-refractivity contribution in [1.82, 2.24) is 15.0 Å². The normalized spacial score (nSPS) is 14.6. The van der Waals surface area contributed by atoms with Gasteiger partial charge in [0.25, 0.3) is 0 Å². The van der Waals surface area contributed by atoms with Gasteiger partial charge in [-0.2, -0.15) is 0 Å². The lowest BCUT2D eigenvalue weighted by atomic mass is 9.87. The van der Waals surface area contributed by atoms with Gasteiger partial charge in [-0.3, -0.25) is 4.79 Å². The lowest BCUT2D eigenvalue weighted by Crippen LogP contribution is -2.20. The molecule has 0 atom stereocenters. The fourth-order valence-corrected chi connectivity index (χ4v) is 3.75. The Kier molecular flexibility index (Phi) is 5.03. The number of Topliss-reactive ketones (excluding diaryl/α,β-unsaturated/α-hetero) is 1. The molecule has 0 bridgehead atoms. The second-order valence-corrected chi connectivity index (χ2v) is 8.58. The fraction of sp³-hybridized carbons (Fsp3) is 0.435. The lowest BCUT2D eigenvalue weighted by Gasteiger charge is -2.20. The Balaban J connectivity index is 1.80. The number of carbonyl (C=O) groups is 1. The lowest BCUT2D eigenvalue weighted by molar-refractivity contribution is 0.0860. The Morgan fingerprint density at radius 2 is 1.97 bits per heavy atom. The van der Waals surface area contributed by atoms with Crippen LogP contribution in [0, 0.1) is 5.41 Å². The number of H-pyrrole nitrogens is 1. The van der Waals surface area contributed by atoms with Crippen LogP contribution in [0.5, 0.6) is 5.75 Å². The van der Waals surface area contributed by atoms with Gasteiger partial charge >= 0.3 is 0 Å². The Hall–Kier alpha value is -2.89. The quantitative estimate of drug-likeness (QED) is 0.628. The van der Waals surface area contributed by atoms with Gasteiger partial charge in [-0.15, -0.1) is 0 Å². The highest BCUT2D eigenvalue weighted by atomic mass is 16.5. The van der Waals surface area contributed by atoms with Crippen LogP contribution in [-0.4, -0.2) is 40.4 Å². The van der Waals surface area contributed by atoms with Crippen molar-refractivity contribution < 1.29 is 9.53 Å². The zero-order valence-corrected chi connectivity index (χ0v) is 17.6. The van der Waals surface area contributed by atoms with Crippen LogP contribution < -0.4 is 9.64 Å². The number of ketones is 1. The number of ether oxygens (including phenoxy) is 1. The summed E-state index contributed by atoms with van der Waals surface area (Å²) in [5, 5.41) is 0. The third kappa shape index (κ3) is 3.84. The number of nitrogens with one attached hydrogen (secondary N) is 1. The van der Waals surface area contributed by atoms with Gasteiger partial charge in [0.15, 0.2) is 11.4 Å². The van der Waals surface area contributed by atoms with Crippen molar-refractivity contribution in [3.63, 3.8) is 0 Å². The maximum Gasteiger partial charge on any atom is 0.171 e. The van der Waals surface area contributed by atoms with E-state index >= 15 is 0 Å². The Morgan fingerprint density at radius 1 is 1.21 bits per heavy atom. The van der Waals surface area contributed by atoms with Crippen LogP contribution in [0.3, 0.4) is 0 Å². The molecular weight excluding hydrogens is 364 g/mol. The van der Waals surface area contributed by atoms with Gasteiger partial charge in [-0.05, 0) is 31.9 Å². The molecule has 0 radical (unpaired) electrons. The van der Waals surface area contributed by atoms with E-state index in [0.717, 1.165) is 35.8 Å². The van der Waals surface area contributed by atoms with Crippen molar-refractivity contribution in [2.45, 2.75) is 40.5 Å². The number of aromatic nitrogens is 3. The summed E-state index contributed by atoms with van der Waals surface area (Å²) in [5.74, 6) is 0.880. The first-order valence-electron chi connectivity index (χ1n) is 10.3. The molecule has 3 aromatic rings. The molecule has 6 nitrogen and oxygen atoms in total. The topological polar surface area (TPSA) is 71.1 Å². The number of fused-ring (bicyclic) bond motifs is 1. The average Bonchev–Trinajstić information content (AvgIpc) is 3.36. The molecule has 3 heterocycles. The number of carbonyl (C=O) groups excluding carboxylic acids is 1. The Morgan fingerprint density at radius 3 is 2.66 bits per heavy atom. The largest absolute Gasteiger partial charge is 0.494 e. The molecule has 1 aromatic carbocycles. The maximum atomic E-state index is 12.8. The molecule has 152 valence electrons. The molecule has 0 saturated carbocycles. The second kappa shape index (κ2) is 7.50. The van der Waals surface area contributed by atoms with Gasteiger partial charge in [0, 0.05) is 42.0 Å². The monoisotopic (exact) mass is 392 g/mol. The van der Waals surface area contributed by atoms with Crippen LogP contribution in [0.2, 0.25) is 0 Å². The van der Waals surface area contributed by atoms with Crippen LogP contribution in [0.1, 0.15) is 50.9 Å². The minimum Gasteiger partial charge on any atom is -0.494 e. The molecule has 0 unspecified atom stereocenters. The van der Waals surface area contributed by atoms with Crippen LogP contribution in [0.15, 0.2) is 30.6 Å². The fourth-order valence-electron chi connectivity index (χ4n) is 3.75. The summed E-state index contributed by atoms with van der Waals surface area (Å²) >= 11 is 0. The van der Waals surface area contributed by atoms with E-state index in [1.54, 1.807) is 12.4 Å². The first kappa shape index (κ1) is 19.4. The summed E-state index contributed by atoms with van der Waals surface area (Å²) in [6, 6.07) is 6.23. The molecule has 1 saturated heterocycles. The van der Waals surface area contributed by atoms with E-state index in [2.05, 4.69) is 27.0 Å². The first-order chi connectivity index (χ1) is 13.9.